The van der Waals surface area contributed by atoms with E-state index in [9.17, 15) is 8.42 Å². The van der Waals surface area contributed by atoms with Crippen LogP contribution in [0.25, 0.3) is 0 Å². The number of nitrogen functional groups attached to an aromatic ring is 1. The van der Waals surface area contributed by atoms with Gasteiger partial charge in [-0.2, -0.15) is 0 Å². The van der Waals surface area contributed by atoms with Gasteiger partial charge in [0.25, 0.3) is 0 Å². The molecule has 0 saturated carbocycles. The highest BCUT2D eigenvalue weighted by Crippen LogP contribution is 2.23. The predicted octanol–water partition coefficient (Wildman–Crippen LogP) is 1.89. The summed E-state index contributed by atoms with van der Waals surface area (Å²) in [6.07, 6.45) is 0. The highest BCUT2D eigenvalue weighted by molar-refractivity contribution is 7.89. The van der Waals surface area contributed by atoms with E-state index in [4.69, 9.17) is 5.73 Å². The van der Waals surface area contributed by atoms with Crippen LogP contribution >= 0.6 is 0 Å². The summed E-state index contributed by atoms with van der Waals surface area (Å²) in [6, 6.07) is 3.29. The maximum absolute atomic E-state index is 12.5. The molecule has 0 heterocycles. The van der Waals surface area contributed by atoms with E-state index >= 15 is 0 Å². The second-order valence-corrected chi connectivity index (χ2v) is 7.17. The van der Waals surface area contributed by atoms with Crippen molar-refractivity contribution in [3.05, 3.63) is 23.3 Å². The lowest BCUT2D eigenvalue weighted by molar-refractivity contribution is 0.282. The molecular formula is C15H27N3O2S. The molecule has 0 aromatic heterocycles. The van der Waals surface area contributed by atoms with Gasteiger partial charge in [0.05, 0.1) is 4.90 Å². The van der Waals surface area contributed by atoms with Crippen molar-refractivity contribution >= 4 is 15.7 Å². The first kappa shape index (κ1) is 17.9. The van der Waals surface area contributed by atoms with Crippen molar-refractivity contribution in [3.63, 3.8) is 0 Å². The molecule has 1 atom stereocenters. The molecule has 0 bridgehead atoms. The number of likely N-dealkylation sites (N-methyl/N-ethyl adjacent to an activating group) is 1. The van der Waals surface area contributed by atoms with E-state index in [1.165, 1.54) is 0 Å². The lowest BCUT2D eigenvalue weighted by Crippen LogP contribution is -2.42. The van der Waals surface area contributed by atoms with Crippen LogP contribution in [0, 0.1) is 13.8 Å². The van der Waals surface area contributed by atoms with Gasteiger partial charge in [-0.1, -0.05) is 13.8 Å². The van der Waals surface area contributed by atoms with Gasteiger partial charge in [0.2, 0.25) is 10.0 Å². The number of benzene rings is 1. The van der Waals surface area contributed by atoms with E-state index in [1.54, 1.807) is 19.1 Å². The van der Waals surface area contributed by atoms with Gasteiger partial charge in [-0.15, -0.1) is 0 Å². The van der Waals surface area contributed by atoms with E-state index in [1.807, 2.05) is 13.8 Å². The Bertz CT molecular complexity index is 581. The Morgan fingerprint density at radius 1 is 1.24 bits per heavy atom. The molecule has 1 aromatic rings. The van der Waals surface area contributed by atoms with Crippen molar-refractivity contribution in [2.75, 3.05) is 25.4 Å². The molecule has 0 aliphatic carbocycles. The summed E-state index contributed by atoms with van der Waals surface area (Å²) < 4.78 is 27.8. The number of sulfonamides is 1. The fourth-order valence-electron chi connectivity index (χ4n) is 2.37. The topological polar surface area (TPSA) is 75.4 Å². The highest BCUT2D eigenvalue weighted by atomic mass is 32.2. The van der Waals surface area contributed by atoms with Crippen LogP contribution < -0.4 is 10.5 Å². The van der Waals surface area contributed by atoms with Gasteiger partial charge in [-0.05, 0) is 57.1 Å². The first-order chi connectivity index (χ1) is 9.71. The normalized spacial score (nSPS) is 13.6. The van der Waals surface area contributed by atoms with E-state index < -0.39 is 10.0 Å². The Morgan fingerprint density at radius 3 is 2.33 bits per heavy atom. The van der Waals surface area contributed by atoms with Crippen LogP contribution in [0.2, 0.25) is 0 Å². The Balaban J connectivity index is 2.97. The average molecular weight is 313 g/mol. The van der Waals surface area contributed by atoms with Crippen molar-refractivity contribution in [1.82, 2.24) is 9.62 Å². The van der Waals surface area contributed by atoms with Crippen LogP contribution in [0.3, 0.4) is 0 Å². The molecule has 1 aromatic carbocycles. The number of rotatable bonds is 7. The SMILES string of the molecule is CCN(CC)CC(C)NS(=O)(=O)c1cc(C)cc(N)c1C. The minimum Gasteiger partial charge on any atom is -0.398 e. The third-order valence-corrected chi connectivity index (χ3v) is 5.33. The van der Waals surface area contributed by atoms with Gasteiger partial charge in [0.15, 0.2) is 0 Å². The largest absolute Gasteiger partial charge is 0.398 e. The van der Waals surface area contributed by atoms with E-state index in [0.29, 0.717) is 17.8 Å². The molecular weight excluding hydrogens is 286 g/mol. The van der Waals surface area contributed by atoms with Crippen LogP contribution in [0.5, 0.6) is 0 Å². The summed E-state index contributed by atoms with van der Waals surface area (Å²) in [4.78, 5) is 2.45. The van der Waals surface area contributed by atoms with Gasteiger partial charge >= 0.3 is 0 Å². The second-order valence-electron chi connectivity index (χ2n) is 5.49. The summed E-state index contributed by atoms with van der Waals surface area (Å²) in [5, 5.41) is 0. The van der Waals surface area contributed by atoms with Crippen molar-refractivity contribution < 1.29 is 8.42 Å². The van der Waals surface area contributed by atoms with Gasteiger partial charge in [0, 0.05) is 18.3 Å². The minimum atomic E-state index is -3.55. The molecule has 1 rings (SSSR count). The molecule has 5 nitrogen and oxygen atoms in total. The molecule has 0 aliphatic rings. The summed E-state index contributed by atoms with van der Waals surface area (Å²) in [5.74, 6) is 0. The predicted molar refractivity (Wildman–Crippen MR) is 87.9 cm³/mol. The van der Waals surface area contributed by atoms with Crippen LogP contribution in [0.15, 0.2) is 17.0 Å². The molecule has 3 N–H and O–H groups in total. The lowest BCUT2D eigenvalue weighted by Gasteiger charge is -2.23. The van der Waals surface area contributed by atoms with Crippen LogP contribution in [0.4, 0.5) is 5.69 Å². The van der Waals surface area contributed by atoms with Gasteiger partial charge in [-0.25, -0.2) is 13.1 Å². The summed E-state index contributed by atoms with van der Waals surface area (Å²) in [5.41, 5.74) is 7.82. The third-order valence-electron chi connectivity index (χ3n) is 3.62. The Kier molecular flexibility index (Phi) is 6.19. The zero-order valence-electron chi connectivity index (χ0n) is 13.6. The van der Waals surface area contributed by atoms with Crippen LogP contribution in [-0.2, 0) is 10.0 Å². The second kappa shape index (κ2) is 7.24. The monoisotopic (exact) mass is 313 g/mol. The zero-order chi connectivity index (χ0) is 16.2. The summed E-state index contributed by atoms with van der Waals surface area (Å²) >= 11 is 0. The molecule has 1 unspecified atom stereocenters. The molecule has 0 radical (unpaired) electrons. The molecule has 0 amide bonds. The van der Waals surface area contributed by atoms with E-state index in [2.05, 4.69) is 23.5 Å². The van der Waals surface area contributed by atoms with Crippen molar-refractivity contribution in [1.29, 1.82) is 0 Å². The number of nitrogens with two attached hydrogens (primary N) is 1. The van der Waals surface area contributed by atoms with Crippen molar-refractivity contribution in [3.8, 4) is 0 Å². The van der Waals surface area contributed by atoms with Crippen molar-refractivity contribution in [2.45, 2.75) is 45.6 Å². The Hall–Kier alpha value is -1.11. The number of hydrogen-bond acceptors (Lipinski definition) is 4. The number of nitrogens with zero attached hydrogens (tertiary/aromatic N) is 1. The fraction of sp³-hybridized carbons (Fsp3) is 0.600. The van der Waals surface area contributed by atoms with Gasteiger partial charge < -0.3 is 10.6 Å². The standard InChI is InChI=1S/C15H27N3O2S/c1-6-18(7-2)10-12(4)17-21(19,20)15-9-11(3)8-14(16)13(15)5/h8-9,12,17H,6-7,10,16H2,1-5H3. The first-order valence-corrected chi connectivity index (χ1v) is 8.81. The Morgan fingerprint density at radius 2 is 1.81 bits per heavy atom. The summed E-state index contributed by atoms with van der Waals surface area (Å²) in [7, 11) is -3.55. The number of aryl methyl sites for hydroxylation is 1. The third kappa shape index (κ3) is 4.69. The molecule has 0 saturated heterocycles. The van der Waals surface area contributed by atoms with E-state index in [-0.39, 0.29) is 10.9 Å². The maximum Gasteiger partial charge on any atom is 0.241 e. The quantitative estimate of drug-likeness (QED) is 0.754. The molecule has 0 fully saturated rings. The lowest BCUT2D eigenvalue weighted by atomic mass is 10.1. The van der Waals surface area contributed by atoms with Gasteiger partial charge in [-0.3, -0.25) is 0 Å². The fourth-order valence-corrected chi connectivity index (χ4v) is 3.96. The molecule has 21 heavy (non-hydrogen) atoms. The minimum absolute atomic E-state index is 0.156. The summed E-state index contributed by atoms with van der Waals surface area (Å²) in [6.45, 7) is 12.1. The zero-order valence-corrected chi connectivity index (χ0v) is 14.4. The number of nitrogens with one attached hydrogen (secondary N) is 1. The van der Waals surface area contributed by atoms with Gasteiger partial charge in [0.1, 0.15) is 0 Å². The van der Waals surface area contributed by atoms with E-state index in [0.717, 1.165) is 18.7 Å². The number of hydrogen-bond donors (Lipinski definition) is 2. The first-order valence-electron chi connectivity index (χ1n) is 7.32. The maximum atomic E-state index is 12.5. The average Bonchev–Trinajstić information content (AvgIpc) is 2.39. The molecule has 6 heteroatoms. The van der Waals surface area contributed by atoms with Crippen molar-refractivity contribution in [2.24, 2.45) is 0 Å². The highest BCUT2D eigenvalue weighted by Gasteiger charge is 2.21. The molecule has 120 valence electrons. The van der Waals surface area contributed by atoms with Crippen LogP contribution in [-0.4, -0.2) is 39.0 Å². The molecule has 0 aliphatic heterocycles. The molecule has 0 spiro atoms. The van der Waals surface area contributed by atoms with Crippen LogP contribution in [0.1, 0.15) is 31.9 Å². The number of anilines is 1. The smallest absolute Gasteiger partial charge is 0.241 e. The Labute approximate surface area is 128 Å².